The normalized spacial score (nSPS) is 15.0. The molecule has 0 bridgehead atoms. The van der Waals surface area contributed by atoms with Gasteiger partial charge >= 0.3 is 0 Å². The predicted octanol–water partition coefficient (Wildman–Crippen LogP) is 1.88. The van der Waals surface area contributed by atoms with Crippen LogP contribution in [0.3, 0.4) is 0 Å². The van der Waals surface area contributed by atoms with Gasteiger partial charge in [-0.2, -0.15) is 0 Å². The lowest BCUT2D eigenvalue weighted by Crippen LogP contribution is -2.54. The minimum Gasteiger partial charge on any atom is -0.497 e. The van der Waals surface area contributed by atoms with Gasteiger partial charge in [0.25, 0.3) is 0 Å². The Labute approximate surface area is 171 Å². The molecule has 1 aliphatic rings. The number of nitrogens with zero attached hydrogens (tertiary/aromatic N) is 3. The molecule has 29 heavy (non-hydrogen) atoms. The number of amides is 2. The van der Waals surface area contributed by atoms with E-state index in [1.165, 1.54) is 0 Å². The lowest BCUT2D eigenvalue weighted by molar-refractivity contribution is -0.136. The fourth-order valence-corrected chi connectivity index (χ4v) is 3.40. The molecular formula is C22H28N4O3. The molecule has 3 rings (SSSR count). The summed E-state index contributed by atoms with van der Waals surface area (Å²) in [7, 11) is 1.62. The third-order valence-corrected chi connectivity index (χ3v) is 5.11. The van der Waals surface area contributed by atoms with E-state index in [0.717, 1.165) is 30.2 Å². The number of carbonyl (C=O) groups is 2. The number of anilines is 1. The van der Waals surface area contributed by atoms with Crippen LogP contribution < -0.4 is 15.0 Å². The van der Waals surface area contributed by atoms with Crippen LogP contribution in [0.1, 0.15) is 18.9 Å². The van der Waals surface area contributed by atoms with Crippen LogP contribution in [-0.2, 0) is 16.0 Å². The van der Waals surface area contributed by atoms with Gasteiger partial charge in [-0.25, -0.2) is 4.98 Å². The Morgan fingerprint density at radius 1 is 1.10 bits per heavy atom. The highest BCUT2D eigenvalue weighted by atomic mass is 16.5. The number of methoxy groups -OCH3 is 1. The van der Waals surface area contributed by atoms with Crippen molar-refractivity contribution in [3.63, 3.8) is 0 Å². The maximum absolute atomic E-state index is 12.7. The van der Waals surface area contributed by atoms with E-state index in [1.54, 1.807) is 20.2 Å². The maximum atomic E-state index is 12.7. The molecule has 1 N–H and O–H groups in total. The van der Waals surface area contributed by atoms with Gasteiger partial charge in [-0.1, -0.05) is 18.2 Å². The number of pyridine rings is 1. The number of ether oxygens (including phenoxy) is 1. The SMILES string of the molecule is COc1ccc(CCC(=O)NC(C)C(=O)N2CCN(c3ccccn3)CC2)cc1. The van der Waals surface area contributed by atoms with E-state index in [4.69, 9.17) is 4.74 Å². The molecule has 0 saturated carbocycles. The Morgan fingerprint density at radius 2 is 1.83 bits per heavy atom. The largest absolute Gasteiger partial charge is 0.497 e. The smallest absolute Gasteiger partial charge is 0.244 e. The molecule has 2 aromatic rings. The van der Waals surface area contributed by atoms with E-state index in [1.807, 2.05) is 47.4 Å². The van der Waals surface area contributed by atoms with Gasteiger partial charge in [-0.15, -0.1) is 0 Å². The van der Waals surface area contributed by atoms with E-state index in [-0.39, 0.29) is 11.8 Å². The molecule has 7 nitrogen and oxygen atoms in total. The molecule has 1 aromatic carbocycles. The molecule has 1 fully saturated rings. The van der Waals surface area contributed by atoms with Crippen molar-refractivity contribution in [3.8, 4) is 5.75 Å². The van der Waals surface area contributed by atoms with Gasteiger partial charge < -0.3 is 19.9 Å². The first-order valence-corrected chi connectivity index (χ1v) is 9.94. The van der Waals surface area contributed by atoms with Crippen LogP contribution in [0.5, 0.6) is 5.75 Å². The number of rotatable bonds is 7. The lowest BCUT2D eigenvalue weighted by atomic mass is 10.1. The van der Waals surface area contributed by atoms with Crippen LogP contribution in [0.15, 0.2) is 48.7 Å². The minimum absolute atomic E-state index is 0.0385. The van der Waals surface area contributed by atoms with Crippen LogP contribution in [0.2, 0.25) is 0 Å². The number of carbonyl (C=O) groups excluding carboxylic acids is 2. The molecule has 1 aromatic heterocycles. The van der Waals surface area contributed by atoms with Gasteiger partial charge in [0.2, 0.25) is 11.8 Å². The average molecular weight is 396 g/mol. The van der Waals surface area contributed by atoms with Crippen molar-refractivity contribution < 1.29 is 14.3 Å². The van der Waals surface area contributed by atoms with E-state index in [0.29, 0.717) is 25.9 Å². The molecule has 1 saturated heterocycles. The van der Waals surface area contributed by atoms with Crippen molar-refractivity contribution in [2.75, 3.05) is 38.2 Å². The molecule has 1 atom stereocenters. The molecule has 154 valence electrons. The third-order valence-electron chi connectivity index (χ3n) is 5.11. The second-order valence-corrected chi connectivity index (χ2v) is 7.14. The highest BCUT2D eigenvalue weighted by Gasteiger charge is 2.26. The Hall–Kier alpha value is -3.09. The van der Waals surface area contributed by atoms with Crippen LogP contribution in [0.25, 0.3) is 0 Å². The van der Waals surface area contributed by atoms with Crippen LogP contribution in [-0.4, -0.2) is 61.0 Å². The average Bonchev–Trinajstić information content (AvgIpc) is 2.78. The Kier molecular flexibility index (Phi) is 7.05. The van der Waals surface area contributed by atoms with E-state index in [9.17, 15) is 9.59 Å². The van der Waals surface area contributed by atoms with Gasteiger partial charge in [-0.3, -0.25) is 9.59 Å². The summed E-state index contributed by atoms with van der Waals surface area (Å²) in [5.41, 5.74) is 1.06. The monoisotopic (exact) mass is 396 g/mol. The summed E-state index contributed by atoms with van der Waals surface area (Å²) in [5, 5.41) is 2.83. The zero-order valence-electron chi connectivity index (χ0n) is 17.0. The van der Waals surface area contributed by atoms with Gasteiger partial charge in [0.05, 0.1) is 7.11 Å². The van der Waals surface area contributed by atoms with Crippen molar-refractivity contribution in [1.29, 1.82) is 0 Å². The third kappa shape index (κ3) is 5.70. The van der Waals surface area contributed by atoms with Crippen molar-refractivity contribution in [3.05, 3.63) is 54.2 Å². The number of hydrogen-bond donors (Lipinski definition) is 1. The molecule has 1 aliphatic heterocycles. The Bertz CT molecular complexity index is 803. The zero-order chi connectivity index (χ0) is 20.6. The van der Waals surface area contributed by atoms with Gasteiger partial charge in [0.15, 0.2) is 0 Å². The first kappa shape index (κ1) is 20.6. The van der Waals surface area contributed by atoms with E-state index in [2.05, 4.69) is 15.2 Å². The predicted molar refractivity (Wildman–Crippen MR) is 112 cm³/mol. The fourth-order valence-electron chi connectivity index (χ4n) is 3.40. The van der Waals surface area contributed by atoms with Gasteiger partial charge in [0, 0.05) is 38.8 Å². The summed E-state index contributed by atoms with van der Waals surface area (Å²) >= 11 is 0. The molecule has 7 heteroatoms. The number of nitrogens with one attached hydrogen (secondary N) is 1. The topological polar surface area (TPSA) is 74.8 Å². The Morgan fingerprint density at radius 3 is 2.45 bits per heavy atom. The van der Waals surface area contributed by atoms with Gasteiger partial charge in [0.1, 0.15) is 17.6 Å². The quantitative estimate of drug-likeness (QED) is 0.774. The molecule has 0 radical (unpaired) electrons. The number of aromatic nitrogens is 1. The van der Waals surface area contributed by atoms with Crippen LogP contribution in [0.4, 0.5) is 5.82 Å². The highest BCUT2D eigenvalue weighted by Crippen LogP contribution is 2.14. The summed E-state index contributed by atoms with van der Waals surface area (Å²) in [6.45, 7) is 4.48. The highest BCUT2D eigenvalue weighted by molar-refractivity contribution is 5.87. The molecule has 0 aliphatic carbocycles. The maximum Gasteiger partial charge on any atom is 0.244 e. The van der Waals surface area contributed by atoms with E-state index >= 15 is 0 Å². The molecule has 0 spiro atoms. The van der Waals surface area contributed by atoms with Crippen LogP contribution >= 0.6 is 0 Å². The van der Waals surface area contributed by atoms with Gasteiger partial charge in [-0.05, 0) is 43.2 Å². The molecule has 2 heterocycles. The summed E-state index contributed by atoms with van der Waals surface area (Å²) in [6, 6.07) is 13.0. The number of benzene rings is 1. The zero-order valence-corrected chi connectivity index (χ0v) is 17.0. The number of piperazine rings is 1. The number of aryl methyl sites for hydroxylation is 1. The van der Waals surface area contributed by atoms with Crippen molar-refractivity contribution in [2.45, 2.75) is 25.8 Å². The summed E-state index contributed by atoms with van der Waals surface area (Å²) in [4.78, 5) is 33.3. The van der Waals surface area contributed by atoms with Crippen molar-refractivity contribution in [1.82, 2.24) is 15.2 Å². The first-order valence-electron chi connectivity index (χ1n) is 9.94. The Balaban J connectivity index is 1.42. The molecule has 1 unspecified atom stereocenters. The summed E-state index contributed by atoms with van der Waals surface area (Å²) in [6.07, 6.45) is 2.74. The molecule has 2 amide bonds. The second kappa shape index (κ2) is 9.91. The first-order chi connectivity index (χ1) is 14.1. The van der Waals surface area contributed by atoms with Crippen molar-refractivity contribution >= 4 is 17.6 Å². The molecular weight excluding hydrogens is 368 g/mol. The van der Waals surface area contributed by atoms with Crippen molar-refractivity contribution in [2.24, 2.45) is 0 Å². The summed E-state index contributed by atoms with van der Waals surface area (Å²) in [5.74, 6) is 1.57. The van der Waals surface area contributed by atoms with E-state index < -0.39 is 6.04 Å². The minimum atomic E-state index is -0.528. The lowest BCUT2D eigenvalue weighted by Gasteiger charge is -2.36. The number of hydrogen-bond acceptors (Lipinski definition) is 5. The summed E-state index contributed by atoms with van der Waals surface area (Å²) < 4.78 is 5.14. The second-order valence-electron chi connectivity index (χ2n) is 7.14. The van der Waals surface area contributed by atoms with Crippen LogP contribution in [0, 0.1) is 0 Å². The fraction of sp³-hybridized carbons (Fsp3) is 0.409. The standard InChI is InChI=1S/C22H28N4O3/c1-17(24-21(27)11-8-18-6-9-19(29-2)10-7-18)22(28)26-15-13-25(14-16-26)20-5-3-4-12-23-20/h3-7,9-10,12,17H,8,11,13-16H2,1-2H3,(H,24,27).